The topological polar surface area (TPSA) is 100 Å². The number of ether oxygens (including phenoxy) is 2. The van der Waals surface area contributed by atoms with Gasteiger partial charge >= 0.3 is 0 Å². The van der Waals surface area contributed by atoms with Crippen molar-refractivity contribution in [3.05, 3.63) is 59.7 Å². The number of carbonyl (C=O) groups is 2. The highest BCUT2D eigenvalue weighted by Crippen LogP contribution is 2.18. The molecule has 0 heterocycles. The molecule has 0 aromatic heterocycles. The minimum Gasteiger partial charge on any atom is -0.484 e. The number of nitrogens with one attached hydrogen (secondary N) is 2. The van der Waals surface area contributed by atoms with Crippen LogP contribution in [0.15, 0.2) is 48.5 Å². The van der Waals surface area contributed by atoms with Gasteiger partial charge in [0.05, 0.1) is 5.56 Å². The number of benzene rings is 2. The van der Waals surface area contributed by atoms with Crippen LogP contribution in [0.3, 0.4) is 0 Å². The zero-order valence-corrected chi connectivity index (χ0v) is 14.5. The highest BCUT2D eigenvalue weighted by Gasteiger charge is 2.17. The fraction of sp³-hybridized carbons (Fsp3) is 0.211. The van der Waals surface area contributed by atoms with Gasteiger partial charge < -0.3 is 9.47 Å². The van der Waals surface area contributed by atoms with E-state index in [0.29, 0.717) is 17.1 Å². The Morgan fingerprint density at radius 1 is 1.15 bits per heavy atom. The second-order valence-corrected chi connectivity index (χ2v) is 5.51. The van der Waals surface area contributed by atoms with Crippen molar-refractivity contribution >= 4 is 11.8 Å². The fourth-order valence-electron chi connectivity index (χ4n) is 2.03. The van der Waals surface area contributed by atoms with Crippen LogP contribution >= 0.6 is 0 Å². The minimum absolute atomic E-state index is 0.240. The number of aryl methyl sites for hydroxylation is 1. The van der Waals surface area contributed by atoms with Gasteiger partial charge in [-0.2, -0.15) is 5.26 Å². The summed E-state index contributed by atoms with van der Waals surface area (Å²) in [5.41, 5.74) is 5.85. The quantitative estimate of drug-likeness (QED) is 0.772. The summed E-state index contributed by atoms with van der Waals surface area (Å²) in [5.74, 6) is -0.200. The van der Waals surface area contributed by atoms with Gasteiger partial charge in [-0.1, -0.05) is 24.3 Å². The molecule has 1 unspecified atom stereocenters. The van der Waals surface area contributed by atoms with Gasteiger partial charge in [-0.25, -0.2) is 0 Å². The number of hydrogen-bond donors (Lipinski definition) is 2. The summed E-state index contributed by atoms with van der Waals surface area (Å²) >= 11 is 0. The summed E-state index contributed by atoms with van der Waals surface area (Å²) < 4.78 is 10.8. The normalized spacial score (nSPS) is 11.0. The van der Waals surface area contributed by atoms with Gasteiger partial charge in [-0.3, -0.25) is 20.4 Å². The summed E-state index contributed by atoms with van der Waals surface area (Å²) in [6.07, 6.45) is -0.900. The van der Waals surface area contributed by atoms with Crippen molar-refractivity contribution in [3.8, 4) is 17.6 Å². The molecule has 0 saturated heterocycles. The van der Waals surface area contributed by atoms with E-state index in [-0.39, 0.29) is 6.61 Å². The first-order chi connectivity index (χ1) is 12.5. The van der Waals surface area contributed by atoms with E-state index in [1.54, 1.807) is 36.4 Å². The maximum Gasteiger partial charge on any atom is 0.279 e. The molecular weight excluding hydrogens is 334 g/mol. The van der Waals surface area contributed by atoms with Crippen molar-refractivity contribution in [3.63, 3.8) is 0 Å². The summed E-state index contributed by atoms with van der Waals surface area (Å²) in [6, 6.07) is 15.8. The van der Waals surface area contributed by atoms with Crippen molar-refractivity contribution in [1.82, 2.24) is 10.9 Å². The average Bonchev–Trinajstić information content (AvgIpc) is 2.64. The van der Waals surface area contributed by atoms with Gasteiger partial charge in [0.1, 0.15) is 17.6 Å². The highest BCUT2D eigenvalue weighted by atomic mass is 16.5. The Morgan fingerprint density at radius 3 is 2.65 bits per heavy atom. The zero-order chi connectivity index (χ0) is 18.9. The third-order valence-electron chi connectivity index (χ3n) is 3.37. The summed E-state index contributed by atoms with van der Waals surface area (Å²) in [7, 11) is 0. The third kappa shape index (κ3) is 5.53. The smallest absolute Gasteiger partial charge is 0.279 e. The SMILES string of the molecule is Cc1cccc(OCC(=O)NNC(=O)C(C)Oc2ccccc2C#N)c1. The van der Waals surface area contributed by atoms with Crippen LogP contribution in [0, 0.1) is 18.3 Å². The molecule has 0 spiro atoms. The lowest BCUT2D eigenvalue weighted by Gasteiger charge is -2.16. The Labute approximate surface area is 151 Å². The number of amides is 2. The molecule has 0 aliphatic rings. The molecule has 7 nitrogen and oxygen atoms in total. The summed E-state index contributed by atoms with van der Waals surface area (Å²) in [4.78, 5) is 23.7. The number of rotatable bonds is 6. The monoisotopic (exact) mass is 353 g/mol. The van der Waals surface area contributed by atoms with E-state index in [1.165, 1.54) is 6.92 Å². The van der Waals surface area contributed by atoms with Gasteiger partial charge in [0, 0.05) is 0 Å². The predicted molar refractivity (Wildman–Crippen MR) is 94.2 cm³/mol. The van der Waals surface area contributed by atoms with Crippen molar-refractivity contribution in [2.45, 2.75) is 20.0 Å². The molecule has 0 aliphatic heterocycles. The molecule has 2 aromatic carbocycles. The van der Waals surface area contributed by atoms with Gasteiger partial charge in [0.25, 0.3) is 11.8 Å². The van der Waals surface area contributed by atoms with Gasteiger partial charge in [0.2, 0.25) is 0 Å². The van der Waals surface area contributed by atoms with Crippen LogP contribution in [0.2, 0.25) is 0 Å². The van der Waals surface area contributed by atoms with Crippen molar-refractivity contribution < 1.29 is 19.1 Å². The number of hydrazine groups is 1. The average molecular weight is 353 g/mol. The number of para-hydroxylation sites is 1. The van der Waals surface area contributed by atoms with Crippen molar-refractivity contribution in [2.24, 2.45) is 0 Å². The van der Waals surface area contributed by atoms with Gasteiger partial charge in [0.15, 0.2) is 12.7 Å². The van der Waals surface area contributed by atoms with Crippen LogP contribution in [-0.4, -0.2) is 24.5 Å². The Kier molecular flexibility index (Phi) is 6.57. The lowest BCUT2D eigenvalue weighted by atomic mass is 10.2. The zero-order valence-electron chi connectivity index (χ0n) is 14.5. The van der Waals surface area contributed by atoms with Crippen LogP contribution in [0.5, 0.6) is 11.5 Å². The lowest BCUT2D eigenvalue weighted by molar-refractivity contribution is -0.133. The molecular formula is C19H19N3O4. The molecule has 0 aliphatic carbocycles. The number of nitriles is 1. The second kappa shape index (κ2) is 9.08. The van der Waals surface area contributed by atoms with Crippen LogP contribution < -0.4 is 20.3 Å². The van der Waals surface area contributed by atoms with Crippen molar-refractivity contribution in [2.75, 3.05) is 6.61 Å². The molecule has 7 heteroatoms. The lowest BCUT2D eigenvalue weighted by Crippen LogP contribution is -2.48. The van der Waals surface area contributed by atoms with E-state index in [4.69, 9.17) is 14.7 Å². The third-order valence-corrected chi connectivity index (χ3v) is 3.37. The molecule has 1 atom stereocenters. The predicted octanol–water partition coefficient (Wildman–Crippen LogP) is 1.86. The minimum atomic E-state index is -0.900. The molecule has 2 aromatic rings. The van der Waals surface area contributed by atoms with E-state index < -0.39 is 17.9 Å². The molecule has 0 fully saturated rings. The Morgan fingerprint density at radius 2 is 1.92 bits per heavy atom. The van der Waals surface area contributed by atoms with Gasteiger partial charge in [-0.15, -0.1) is 0 Å². The molecule has 2 amide bonds. The summed E-state index contributed by atoms with van der Waals surface area (Å²) in [5, 5.41) is 9.01. The molecule has 0 saturated carbocycles. The highest BCUT2D eigenvalue weighted by molar-refractivity contribution is 5.85. The largest absolute Gasteiger partial charge is 0.484 e. The second-order valence-electron chi connectivity index (χ2n) is 5.51. The number of carbonyl (C=O) groups excluding carboxylic acids is 2. The van der Waals surface area contributed by atoms with E-state index >= 15 is 0 Å². The molecule has 0 bridgehead atoms. The first-order valence-corrected chi connectivity index (χ1v) is 7.93. The van der Waals surface area contributed by atoms with Gasteiger partial charge in [-0.05, 0) is 43.7 Å². The summed E-state index contributed by atoms with van der Waals surface area (Å²) in [6.45, 7) is 3.19. The Bertz CT molecular complexity index is 830. The van der Waals surface area contributed by atoms with E-state index in [9.17, 15) is 9.59 Å². The maximum absolute atomic E-state index is 12.0. The number of nitrogens with zero attached hydrogens (tertiary/aromatic N) is 1. The Hall–Kier alpha value is -3.53. The fourth-order valence-corrected chi connectivity index (χ4v) is 2.03. The molecule has 0 radical (unpaired) electrons. The molecule has 2 N–H and O–H groups in total. The number of hydrogen-bond acceptors (Lipinski definition) is 5. The van der Waals surface area contributed by atoms with E-state index in [1.807, 2.05) is 25.1 Å². The van der Waals surface area contributed by atoms with Crippen LogP contribution in [-0.2, 0) is 9.59 Å². The maximum atomic E-state index is 12.0. The van der Waals surface area contributed by atoms with Crippen LogP contribution in [0.4, 0.5) is 0 Å². The van der Waals surface area contributed by atoms with Crippen LogP contribution in [0.25, 0.3) is 0 Å². The first-order valence-electron chi connectivity index (χ1n) is 7.93. The van der Waals surface area contributed by atoms with E-state index in [2.05, 4.69) is 10.9 Å². The first kappa shape index (κ1) is 18.8. The molecule has 2 rings (SSSR count). The van der Waals surface area contributed by atoms with Crippen LogP contribution in [0.1, 0.15) is 18.1 Å². The molecule has 26 heavy (non-hydrogen) atoms. The standard InChI is InChI=1S/C19H19N3O4/c1-13-6-5-8-16(10-13)25-12-18(23)21-22-19(24)14(2)26-17-9-4-3-7-15(17)11-20/h3-10,14H,12H2,1-2H3,(H,21,23)(H,22,24). The van der Waals surface area contributed by atoms with Crippen molar-refractivity contribution in [1.29, 1.82) is 5.26 Å². The molecule has 134 valence electrons. The van der Waals surface area contributed by atoms with E-state index in [0.717, 1.165) is 5.56 Å². The Balaban J connectivity index is 1.78.